The summed E-state index contributed by atoms with van der Waals surface area (Å²) in [6.07, 6.45) is -2.85. The maximum Gasteiger partial charge on any atom is 0.407 e. The molecule has 4 atom stereocenters. The van der Waals surface area contributed by atoms with Crippen LogP contribution in [-0.4, -0.2) is 54.8 Å². The molecular formula is C21H21NO7. The van der Waals surface area contributed by atoms with Crippen LogP contribution >= 0.6 is 0 Å². The van der Waals surface area contributed by atoms with Crippen LogP contribution in [0.5, 0.6) is 5.75 Å². The van der Waals surface area contributed by atoms with E-state index in [1.165, 1.54) is 12.1 Å². The minimum Gasteiger partial charge on any atom is -0.507 e. The van der Waals surface area contributed by atoms with Gasteiger partial charge in [-0.25, -0.2) is 9.59 Å². The van der Waals surface area contributed by atoms with Gasteiger partial charge in [-0.1, -0.05) is 42.5 Å². The Morgan fingerprint density at radius 1 is 0.931 bits per heavy atom. The number of aromatic hydroxyl groups is 1. The van der Waals surface area contributed by atoms with Crippen LogP contribution in [0.1, 0.15) is 15.9 Å². The number of ether oxygens (including phenoxy) is 4. The summed E-state index contributed by atoms with van der Waals surface area (Å²) in [7, 11) is 0. The molecule has 4 rings (SSSR count). The van der Waals surface area contributed by atoms with Gasteiger partial charge in [-0.3, -0.25) is 0 Å². The van der Waals surface area contributed by atoms with Gasteiger partial charge in [0, 0.05) is 6.54 Å². The van der Waals surface area contributed by atoms with E-state index >= 15 is 0 Å². The first-order chi connectivity index (χ1) is 14.1. The number of hydrogen-bond donors (Lipinski definition) is 2. The van der Waals surface area contributed by atoms with Crippen LogP contribution in [0.25, 0.3) is 0 Å². The summed E-state index contributed by atoms with van der Waals surface area (Å²) in [5.74, 6) is -0.817. The van der Waals surface area contributed by atoms with E-state index in [2.05, 4.69) is 5.32 Å². The number of rotatable bonds is 5. The van der Waals surface area contributed by atoms with E-state index < -0.39 is 36.5 Å². The molecule has 0 saturated carbocycles. The van der Waals surface area contributed by atoms with E-state index in [1.807, 2.05) is 30.3 Å². The second kappa shape index (κ2) is 8.50. The third kappa shape index (κ3) is 4.33. The number of alkyl carbamates (subject to hydrolysis) is 1. The molecule has 2 N–H and O–H groups in total. The summed E-state index contributed by atoms with van der Waals surface area (Å²) in [5.41, 5.74) is 1.03. The average Bonchev–Trinajstić information content (AvgIpc) is 3.31. The average molecular weight is 399 g/mol. The fourth-order valence-electron chi connectivity index (χ4n) is 3.43. The van der Waals surface area contributed by atoms with Crippen LogP contribution in [0.3, 0.4) is 0 Å². The smallest absolute Gasteiger partial charge is 0.407 e. The number of benzene rings is 2. The third-order valence-corrected chi connectivity index (χ3v) is 4.88. The second-order valence-electron chi connectivity index (χ2n) is 6.84. The van der Waals surface area contributed by atoms with Crippen molar-refractivity contribution in [1.29, 1.82) is 0 Å². The molecule has 1 amide bonds. The van der Waals surface area contributed by atoms with Crippen molar-refractivity contribution in [1.82, 2.24) is 5.32 Å². The predicted octanol–water partition coefficient (Wildman–Crippen LogP) is 2.01. The van der Waals surface area contributed by atoms with Gasteiger partial charge in [0.1, 0.15) is 23.5 Å². The number of phenolic OH excluding ortho intramolecular Hbond substituents is 1. The molecule has 152 valence electrons. The SMILES string of the molecule is O=C(NCc1ccccc1)O[C@H]1CO[C@H]2[C@@H]1OC[C@H]2OC(=O)c1ccccc1O. The van der Waals surface area contributed by atoms with Gasteiger partial charge in [0.05, 0.1) is 13.2 Å². The van der Waals surface area contributed by atoms with Gasteiger partial charge >= 0.3 is 12.1 Å². The van der Waals surface area contributed by atoms with Crippen molar-refractivity contribution in [3.8, 4) is 5.75 Å². The van der Waals surface area contributed by atoms with Crippen LogP contribution in [0.2, 0.25) is 0 Å². The Bertz CT molecular complexity index is 872. The highest BCUT2D eigenvalue weighted by Crippen LogP contribution is 2.31. The Kier molecular flexibility index (Phi) is 5.64. The van der Waals surface area contributed by atoms with Crippen molar-refractivity contribution in [2.75, 3.05) is 13.2 Å². The highest BCUT2D eigenvalue weighted by molar-refractivity contribution is 5.92. The lowest BCUT2D eigenvalue weighted by molar-refractivity contribution is -0.0232. The fraction of sp³-hybridized carbons (Fsp3) is 0.333. The van der Waals surface area contributed by atoms with Gasteiger partial charge in [-0.2, -0.15) is 0 Å². The monoisotopic (exact) mass is 399 g/mol. The normalized spacial score (nSPS) is 25.2. The molecule has 2 aliphatic heterocycles. The van der Waals surface area contributed by atoms with Crippen molar-refractivity contribution >= 4 is 12.1 Å². The number of carbonyl (C=O) groups excluding carboxylic acids is 2. The summed E-state index contributed by atoms with van der Waals surface area (Å²) in [6.45, 7) is 0.627. The molecule has 2 aliphatic rings. The highest BCUT2D eigenvalue weighted by atomic mass is 16.7. The van der Waals surface area contributed by atoms with Gasteiger partial charge in [0.2, 0.25) is 0 Å². The predicted molar refractivity (Wildman–Crippen MR) is 100 cm³/mol. The standard InChI is InChI=1S/C21H21NO7/c23-15-9-5-4-8-14(15)20(24)28-16-11-26-19-17(12-27-18(16)19)29-21(25)22-10-13-6-2-1-3-7-13/h1-9,16-19,23H,10-12H2,(H,22,25)/t16-,17+,18-,19-/m1/s1. The number of para-hydroxylation sites is 1. The molecule has 29 heavy (non-hydrogen) atoms. The topological polar surface area (TPSA) is 103 Å². The lowest BCUT2D eigenvalue weighted by atomic mass is 10.1. The van der Waals surface area contributed by atoms with Crippen molar-refractivity contribution in [2.24, 2.45) is 0 Å². The lowest BCUT2D eigenvalue weighted by Gasteiger charge is -2.17. The summed E-state index contributed by atoms with van der Waals surface area (Å²) in [6, 6.07) is 15.6. The molecule has 2 heterocycles. The lowest BCUT2D eigenvalue weighted by Crippen LogP contribution is -2.38. The van der Waals surface area contributed by atoms with Crippen molar-refractivity contribution in [3.63, 3.8) is 0 Å². The zero-order valence-electron chi connectivity index (χ0n) is 15.5. The molecular weight excluding hydrogens is 378 g/mol. The minimum atomic E-state index is -0.661. The number of carbonyl (C=O) groups is 2. The molecule has 2 fully saturated rings. The summed E-state index contributed by atoms with van der Waals surface area (Å²) in [5, 5.41) is 12.5. The van der Waals surface area contributed by atoms with Crippen LogP contribution in [0.4, 0.5) is 4.79 Å². The molecule has 0 bridgehead atoms. The highest BCUT2D eigenvalue weighted by Gasteiger charge is 2.51. The Morgan fingerprint density at radius 2 is 1.55 bits per heavy atom. The first kappa shape index (κ1) is 19.2. The number of fused-ring (bicyclic) bond motifs is 1. The number of amides is 1. The maximum absolute atomic E-state index is 12.3. The molecule has 0 aliphatic carbocycles. The molecule has 0 unspecified atom stereocenters. The molecule has 2 aromatic rings. The second-order valence-corrected chi connectivity index (χ2v) is 6.84. The molecule has 2 aromatic carbocycles. The zero-order valence-corrected chi connectivity index (χ0v) is 15.5. The molecule has 8 heteroatoms. The molecule has 2 saturated heterocycles. The van der Waals surface area contributed by atoms with Gasteiger partial charge in [-0.05, 0) is 17.7 Å². The molecule has 0 spiro atoms. The van der Waals surface area contributed by atoms with Gasteiger partial charge in [-0.15, -0.1) is 0 Å². The Morgan fingerprint density at radius 3 is 2.24 bits per heavy atom. The van der Waals surface area contributed by atoms with E-state index in [0.29, 0.717) is 6.54 Å². The van der Waals surface area contributed by atoms with Gasteiger partial charge in [0.25, 0.3) is 0 Å². The van der Waals surface area contributed by atoms with E-state index in [-0.39, 0.29) is 24.5 Å². The number of hydrogen-bond acceptors (Lipinski definition) is 7. The minimum absolute atomic E-state index is 0.0713. The Labute approximate surface area is 167 Å². The first-order valence-corrected chi connectivity index (χ1v) is 9.32. The van der Waals surface area contributed by atoms with Crippen LogP contribution in [0, 0.1) is 0 Å². The maximum atomic E-state index is 12.3. The van der Waals surface area contributed by atoms with E-state index in [9.17, 15) is 14.7 Å². The summed E-state index contributed by atoms with van der Waals surface area (Å²) < 4.78 is 22.2. The van der Waals surface area contributed by atoms with Crippen molar-refractivity contribution in [2.45, 2.75) is 31.0 Å². The van der Waals surface area contributed by atoms with Crippen molar-refractivity contribution in [3.05, 3.63) is 65.7 Å². The van der Waals surface area contributed by atoms with E-state index in [1.54, 1.807) is 12.1 Å². The van der Waals surface area contributed by atoms with Crippen LogP contribution in [-0.2, 0) is 25.5 Å². The third-order valence-electron chi connectivity index (χ3n) is 4.88. The quantitative estimate of drug-likeness (QED) is 0.742. The number of esters is 1. The zero-order chi connectivity index (χ0) is 20.2. The van der Waals surface area contributed by atoms with Crippen LogP contribution < -0.4 is 5.32 Å². The summed E-state index contributed by atoms with van der Waals surface area (Å²) in [4.78, 5) is 24.4. The Balaban J connectivity index is 1.29. The molecule has 0 radical (unpaired) electrons. The van der Waals surface area contributed by atoms with Gasteiger partial charge < -0.3 is 29.4 Å². The van der Waals surface area contributed by atoms with E-state index in [0.717, 1.165) is 5.56 Å². The molecule has 8 nitrogen and oxygen atoms in total. The largest absolute Gasteiger partial charge is 0.507 e. The summed E-state index contributed by atoms with van der Waals surface area (Å²) >= 11 is 0. The first-order valence-electron chi connectivity index (χ1n) is 9.32. The fourth-order valence-corrected chi connectivity index (χ4v) is 3.43. The Hall–Kier alpha value is -3.10. The van der Waals surface area contributed by atoms with Gasteiger partial charge in [0.15, 0.2) is 12.2 Å². The molecule has 0 aromatic heterocycles. The number of phenols is 1. The van der Waals surface area contributed by atoms with Crippen molar-refractivity contribution < 1.29 is 33.6 Å². The number of nitrogens with one attached hydrogen (secondary N) is 1. The van der Waals surface area contributed by atoms with E-state index in [4.69, 9.17) is 18.9 Å². The van der Waals surface area contributed by atoms with Crippen LogP contribution in [0.15, 0.2) is 54.6 Å².